The van der Waals surface area contributed by atoms with E-state index in [4.69, 9.17) is 23.7 Å². The van der Waals surface area contributed by atoms with Gasteiger partial charge in [0.2, 0.25) is 0 Å². The first kappa shape index (κ1) is 35.0. The van der Waals surface area contributed by atoms with E-state index in [2.05, 4.69) is 23.0 Å². The molecule has 0 aromatic carbocycles. The van der Waals surface area contributed by atoms with E-state index in [0.29, 0.717) is 31.3 Å². The van der Waals surface area contributed by atoms with Crippen LogP contribution < -0.4 is 0 Å². The Balaban J connectivity index is 1.00. The average molecular weight is 733 g/mol. The van der Waals surface area contributed by atoms with Crippen molar-refractivity contribution in [3.8, 4) is 0 Å². The number of ketones is 1. The number of hydrogen-bond donors (Lipinski definition) is 1. The quantitative estimate of drug-likeness (QED) is 0.224. The maximum atomic E-state index is 15.1. The Morgan fingerprint density at radius 3 is 2.47 bits per heavy atom. The van der Waals surface area contributed by atoms with Gasteiger partial charge in [-0.2, -0.15) is 0 Å². The maximum absolute atomic E-state index is 15.1. The number of aliphatic hydroxyl groups excluding tert-OH is 1. The number of aliphatic imine (C=N–C) groups is 2. The van der Waals surface area contributed by atoms with Crippen LogP contribution in [0.25, 0.3) is 0 Å². The molecule has 11 unspecified atom stereocenters. The van der Waals surface area contributed by atoms with Crippen LogP contribution in [0.4, 0.5) is 0 Å². The Kier molecular flexibility index (Phi) is 7.93. The van der Waals surface area contributed by atoms with Crippen molar-refractivity contribution in [1.29, 1.82) is 0 Å². The zero-order valence-corrected chi connectivity index (χ0v) is 31.6. The third-order valence-corrected chi connectivity index (χ3v) is 16.7. The number of rotatable bonds is 6. The number of fused-ring (bicyclic) bond motifs is 1. The second-order valence-electron chi connectivity index (χ2n) is 19.1. The molecule has 1 N–H and O–H groups in total. The molecule has 8 fully saturated rings. The van der Waals surface area contributed by atoms with Crippen LogP contribution in [0.1, 0.15) is 111 Å². The fourth-order valence-electron chi connectivity index (χ4n) is 14.8. The molecule has 11 atom stereocenters. The van der Waals surface area contributed by atoms with Crippen LogP contribution in [-0.4, -0.2) is 96.4 Å². The summed E-state index contributed by atoms with van der Waals surface area (Å²) in [6.07, 6.45) is 13.1. The van der Waals surface area contributed by atoms with Crippen molar-refractivity contribution in [2.75, 3.05) is 19.8 Å². The maximum Gasteiger partial charge on any atom is 0.339 e. The SMILES string of the molecule is CC1(C)OC2CC(=O)OCC23C1C(=O)C(O)C1(C2CCCCC2)C3CCC2(C)C(C3=CCOC3CCC3CCC(C4=NC=NC4)CC3)OC(=O)C3OC321. The standard InChI is InChI=1S/C42H56N2O9/c1-38(2)33-32(46)34(47)41(25-7-5-4-6-8-25)29(40(33)21-50-31(45)19-30(40)52-38)15-17-39(3)35(51-37(48)36-42(39,41)53-36)26-16-18-49-28(26)14-11-23-9-12-24(13-10-23)27-20-43-22-44-27/h16,22-25,28-30,33-36,47H,4-15,17-21H2,1-3H3. The summed E-state index contributed by atoms with van der Waals surface area (Å²) in [7, 11) is 0. The summed E-state index contributed by atoms with van der Waals surface area (Å²) in [5.74, 6) is -0.745. The molecule has 53 heavy (non-hydrogen) atoms. The van der Waals surface area contributed by atoms with Gasteiger partial charge in [-0.1, -0.05) is 32.3 Å². The smallest absolute Gasteiger partial charge is 0.339 e. The Hall–Kier alpha value is -2.47. The van der Waals surface area contributed by atoms with E-state index in [1.165, 1.54) is 18.6 Å². The number of epoxide rings is 1. The number of aliphatic hydroxyl groups is 1. The summed E-state index contributed by atoms with van der Waals surface area (Å²) in [5.41, 5.74) is -2.34. The van der Waals surface area contributed by atoms with Crippen molar-refractivity contribution in [2.24, 2.45) is 55.8 Å². The normalized spacial score (nSPS) is 49.8. The summed E-state index contributed by atoms with van der Waals surface area (Å²) in [5, 5.41) is 12.9. The second-order valence-corrected chi connectivity index (χ2v) is 19.1. The third kappa shape index (κ3) is 4.51. The number of carbonyl (C=O) groups is 3. The molecule has 11 nitrogen and oxygen atoms in total. The minimum atomic E-state index is -1.34. The number of hydrogen-bond acceptors (Lipinski definition) is 11. The molecule has 0 aromatic rings. The predicted molar refractivity (Wildman–Crippen MR) is 192 cm³/mol. The lowest BCUT2D eigenvalue weighted by Gasteiger charge is -2.70. The van der Waals surface area contributed by atoms with Crippen molar-refractivity contribution in [3.63, 3.8) is 0 Å². The molecule has 10 rings (SSSR count). The van der Waals surface area contributed by atoms with Crippen molar-refractivity contribution in [2.45, 2.75) is 152 Å². The number of esters is 2. The third-order valence-electron chi connectivity index (χ3n) is 16.7. The van der Waals surface area contributed by atoms with E-state index in [0.717, 1.165) is 69.9 Å². The lowest BCUT2D eigenvalue weighted by atomic mass is 9.33. The highest BCUT2D eigenvalue weighted by Crippen LogP contribution is 2.81. The van der Waals surface area contributed by atoms with Gasteiger partial charge < -0.3 is 28.8 Å². The molecule has 10 aliphatic rings. The molecule has 6 heterocycles. The van der Waals surface area contributed by atoms with Crippen LogP contribution >= 0.6 is 0 Å². The van der Waals surface area contributed by atoms with Gasteiger partial charge in [-0.15, -0.1) is 0 Å². The monoisotopic (exact) mass is 732 g/mol. The molecular formula is C42H56N2O9. The van der Waals surface area contributed by atoms with E-state index >= 15 is 4.79 Å². The van der Waals surface area contributed by atoms with Crippen molar-refractivity contribution < 1.29 is 43.2 Å². The predicted octanol–water partition coefficient (Wildman–Crippen LogP) is 5.10. The van der Waals surface area contributed by atoms with Crippen LogP contribution in [0.3, 0.4) is 0 Å². The van der Waals surface area contributed by atoms with Gasteiger partial charge in [0.1, 0.15) is 30.8 Å². The number of ether oxygens (including phenoxy) is 5. The summed E-state index contributed by atoms with van der Waals surface area (Å²) >= 11 is 0. The zero-order valence-electron chi connectivity index (χ0n) is 31.6. The van der Waals surface area contributed by atoms with E-state index in [-0.39, 0.29) is 42.7 Å². The van der Waals surface area contributed by atoms with Crippen molar-refractivity contribution >= 4 is 29.8 Å². The van der Waals surface area contributed by atoms with Gasteiger partial charge in [0.15, 0.2) is 11.9 Å². The molecular weight excluding hydrogens is 676 g/mol. The number of Topliss-reactive ketones (excluding diaryl/α,β-unsaturated/α-hetero) is 1. The first-order valence-corrected chi connectivity index (χ1v) is 20.8. The number of nitrogens with zero attached hydrogens (tertiary/aromatic N) is 2. The summed E-state index contributed by atoms with van der Waals surface area (Å²) in [4.78, 5) is 51.1. The Labute approximate surface area is 312 Å². The average Bonchev–Trinajstić information content (AvgIpc) is 3.43. The zero-order chi connectivity index (χ0) is 36.5. The lowest BCUT2D eigenvalue weighted by molar-refractivity contribution is -0.272. The topological polar surface area (TPSA) is 146 Å². The van der Waals surface area contributed by atoms with Crippen LogP contribution in [-0.2, 0) is 38.1 Å². The molecule has 0 amide bonds. The van der Waals surface area contributed by atoms with Crippen molar-refractivity contribution in [3.05, 3.63) is 11.6 Å². The van der Waals surface area contributed by atoms with E-state index in [1.807, 2.05) is 13.8 Å². The van der Waals surface area contributed by atoms with E-state index in [1.54, 1.807) is 6.34 Å². The lowest BCUT2D eigenvalue weighted by Crippen LogP contribution is -2.79. The molecule has 0 bridgehead atoms. The first-order valence-electron chi connectivity index (χ1n) is 20.8. The molecule has 0 aromatic heterocycles. The first-order chi connectivity index (χ1) is 25.5. The van der Waals surface area contributed by atoms with Gasteiger partial charge in [0, 0.05) is 22.0 Å². The molecule has 4 aliphatic carbocycles. The Bertz CT molecular complexity index is 1670. The fourth-order valence-corrected chi connectivity index (χ4v) is 14.8. The molecule has 4 saturated heterocycles. The minimum absolute atomic E-state index is 0.0461. The van der Waals surface area contributed by atoms with Gasteiger partial charge >= 0.3 is 11.9 Å². The van der Waals surface area contributed by atoms with Gasteiger partial charge in [-0.3, -0.25) is 14.6 Å². The molecule has 6 aliphatic heterocycles. The Morgan fingerprint density at radius 2 is 1.72 bits per heavy atom. The Morgan fingerprint density at radius 1 is 0.925 bits per heavy atom. The van der Waals surface area contributed by atoms with Crippen LogP contribution in [0.5, 0.6) is 0 Å². The molecule has 11 heteroatoms. The summed E-state index contributed by atoms with van der Waals surface area (Å²) in [6.45, 7) is 7.35. The van der Waals surface area contributed by atoms with Gasteiger partial charge in [0.25, 0.3) is 0 Å². The second kappa shape index (κ2) is 12.0. The van der Waals surface area contributed by atoms with E-state index in [9.17, 15) is 14.7 Å². The molecule has 2 spiro atoms. The summed E-state index contributed by atoms with van der Waals surface area (Å²) < 4.78 is 32.5. The van der Waals surface area contributed by atoms with Gasteiger partial charge in [-0.05, 0) is 107 Å². The molecule has 4 saturated carbocycles. The summed E-state index contributed by atoms with van der Waals surface area (Å²) in [6, 6.07) is 0. The van der Waals surface area contributed by atoms with Crippen LogP contribution in [0.15, 0.2) is 21.6 Å². The van der Waals surface area contributed by atoms with Crippen LogP contribution in [0.2, 0.25) is 0 Å². The van der Waals surface area contributed by atoms with Crippen LogP contribution in [0, 0.1) is 45.8 Å². The van der Waals surface area contributed by atoms with Gasteiger partial charge in [0.05, 0.1) is 43.3 Å². The molecule has 288 valence electrons. The number of cyclic esters (lactones) is 2. The minimum Gasteiger partial charge on any atom is -0.465 e. The number of carbonyl (C=O) groups excluding carboxylic acids is 3. The highest BCUT2D eigenvalue weighted by Gasteiger charge is 2.92. The van der Waals surface area contributed by atoms with Gasteiger partial charge in [-0.25, -0.2) is 9.79 Å². The van der Waals surface area contributed by atoms with E-state index < -0.39 is 63.8 Å². The van der Waals surface area contributed by atoms with Crippen molar-refractivity contribution in [1.82, 2.24) is 0 Å². The largest absolute Gasteiger partial charge is 0.465 e. The highest BCUT2D eigenvalue weighted by atomic mass is 16.7. The fraction of sp³-hybridized carbons (Fsp3) is 0.833. The highest BCUT2D eigenvalue weighted by molar-refractivity contribution is 5.98. The molecule has 0 radical (unpaired) electrons.